The normalized spacial score (nSPS) is 32.6. The van der Waals surface area contributed by atoms with E-state index in [1.54, 1.807) is 0 Å². The van der Waals surface area contributed by atoms with Gasteiger partial charge in [0.05, 0.1) is 13.2 Å². The molecule has 1 aliphatic carbocycles. The van der Waals surface area contributed by atoms with E-state index in [2.05, 4.69) is 38.1 Å². The minimum absolute atomic E-state index is 0.0170. The van der Waals surface area contributed by atoms with Crippen LogP contribution in [-0.4, -0.2) is 25.0 Å². The van der Waals surface area contributed by atoms with Gasteiger partial charge in [-0.15, -0.1) is 0 Å². The Morgan fingerprint density at radius 3 is 2.37 bits per heavy atom. The third-order valence-corrected chi connectivity index (χ3v) is 4.63. The van der Waals surface area contributed by atoms with Crippen LogP contribution in [0.1, 0.15) is 38.2 Å². The highest BCUT2D eigenvalue weighted by Gasteiger charge is 2.52. The van der Waals surface area contributed by atoms with Gasteiger partial charge in [0, 0.05) is 24.8 Å². The van der Waals surface area contributed by atoms with Crippen LogP contribution in [0.4, 0.5) is 0 Å². The van der Waals surface area contributed by atoms with Gasteiger partial charge in [-0.1, -0.05) is 44.2 Å². The van der Waals surface area contributed by atoms with Gasteiger partial charge >= 0.3 is 0 Å². The molecule has 1 heterocycles. The van der Waals surface area contributed by atoms with E-state index in [1.165, 1.54) is 5.56 Å². The Labute approximate surface area is 115 Å². The zero-order valence-electron chi connectivity index (χ0n) is 11.8. The quantitative estimate of drug-likeness (QED) is 0.845. The number of benzene rings is 1. The topological polar surface area (TPSA) is 44.5 Å². The van der Waals surface area contributed by atoms with E-state index in [0.717, 1.165) is 12.8 Å². The van der Waals surface area contributed by atoms with Gasteiger partial charge in [0.25, 0.3) is 0 Å². The highest BCUT2D eigenvalue weighted by atomic mass is 16.7. The number of hydrogen-bond donors (Lipinski definition) is 1. The van der Waals surface area contributed by atoms with Crippen molar-refractivity contribution >= 4 is 0 Å². The van der Waals surface area contributed by atoms with Gasteiger partial charge in [-0.05, 0) is 11.0 Å². The van der Waals surface area contributed by atoms with E-state index in [4.69, 9.17) is 15.2 Å². The lowest BCUT2D eigenvalue weighted by Crippen LogP contribution is -2.54. The van der Waals surface area contributed by atoms with Crippen molar-refractivity contribution in [2.75, 3.05) is 13.2 Å². The van der Waals surface area contributed by atoms with E-state index >= 15 is 0 Å². The maximum Gasteiger partial charge on any atom is 0.169 e. The Balaban J connectivity index is 1.94. The molecule has 2 atom stereocenters. The molecule has 2 N–H and O–H groups in total. The van der Waals surface area contributed by atoms with E-state index in [0.29, 0.717) is 19.1 Å². The van der Waals surface area contributed by atoms with Gasteiger partial charge in [-0.25, -0.2) is 0 Å². The monoisotopic (exact) mass is 261 g/mol. The molecule has 2 aliphatic rings. The first-order chi connectivity index (χ1) is 9.03. The van der Waals surface area contributed by atoms with Crippen LogP contribution in [0.3, 0.4) is 0 Å². The van der Waals surface area contributed by atoms with Gasteiger partial charge in [-0.2, -0.15) is 0 Å². The van der Waals surface area contributed by atoms with Crippen LogP contribution in [0.25, 0.3) is 0 Å². The van der Waals surface area contributed by atoms with Crippen LogP contribution in [0, 0.1) is 5.41 Å². The summed E-state index contributed by atoms with van der Waals surface area (Å²) in [7, 11) is 0. The van der Waals surface area contributed by atoms with Crippen LogP contribution in [0.2, 0.25) is 0 Å². The van der Waals surface area contributed by atoms with Crippen molar-refractivity contribution in [3.05, 3.63) is 35.9 Å². The smallest absolute Gasteiger partial charge is 0.169 e. The average Bonchev–Trinajstić information content (AvgIpc) is 2.83. The molecular weight excluding hydrogens is 238 g/mol. The second-order valence-corrected chi connectivity index (χ2v) is 6.52. The SMILES string of the molecule is CC1(C)CC2(CC(c3ccccc3)C1N)OCCO2. The summed E-state index contributed by atoms with van der Waals surface area (Å²) in [5.74, 6) is -0.122. The van der Waals surface area contributed by atoms with Crippen molar-refractivity contribution in [3.8, 4) is 0 Å². The van der Waals surface area contributed by atoms with E-state index in [9.17, 15) is 0 Å². The third kappa shape index (κ3) is 2.31. The number of hydrogen-bond acceptors (Lipinski definition) is 3. The van der Waals surface area contributed by atoms with E-state index < -0.39 is 5.79 Å². The number of rotatable bonds is 1. The summed E-state index contributed by atoms with van der Waals surface area (Å²) in [5.41, 5.74) is 7.84. The maximum atomic E-state index is 6.53. The molecule has 1 saturated carbocycles. The molecule has 1 spiro atoms. The second kappa shape index (κ2) is 4.58. The first-order valence-electron chi connectivity index (χ1n) is 7.11. The van der Waals surface area contributed by atoms with Crippen molar-refractivity contribution in [3.63, 3.8) is 0 Å². The molecule has 2 fully saturated rings. The summed E-state index contributed by atoms with van der Waals surface area (Å²) >= 11 is 0. The summed E-state index contributed by atoms with van der Waals surface area (Å²) in [6, 6.07) is 10.7. The van der Waals surface area contributed by atoms with Crippen LogP contribution in [0.15, 0.2) is 30.3 Å². The second-order valence-electron chi connectivity index (χ2n) is 6.52. The summed E-state index contributed by atoms with van der Waals surface area (Å²) in [5, 5.41) is 0. The molecule has 0 bridgehead atoms. The standard InChI is InChI=1S/C16H23NO2/c1-15(2)11-16(18-8-9-19-16)10-13(14(15)17)12-6-4-3-5-7-12/h3-7,13-14H,8-11,17H2,1-2H3. The molecule has 0 amide bonds. The predicted octanol–water partition coefficient (Wildman–Crippen LogP) is 2.66. The summed E-state index contributed by atoms with van der Waals surface area (Å²) < 4.78 is 11.9. The molecule has 1 aromatic carbocycles. The molecule has 3 nitrogen and oxygen atoms in total. The predicted molar refractivity (Wildman–Crippen MR) is 74.8 cm³/mol. The Bertz CT molecular complexity index is 437. The number of nitrogens with two attached hydrogens (primary N) is 1. The van der Waals surface area contributed by atoms with Crippen molar-refractivity contribution < 1.29 is 9.47 Å². The lowest BCUT2D eigenvalue weighted by atomic mass is 9.64. The molecule has 1 aliphatic heterocycles. The molecule has 1 saturated heterocycles. The van der Waals surface area contributed by atoms with Crippen molar-refractivity contribution in [2.45, 2.75) is 44.4 Å². The third-order valence-electron chi connectivity index (χ3n) is 4.63. The van der Waals surface area contributed by atoms with Crippen molar-refractivity contribution in [2.24, 2.45) is 11.1 Å². The zero-order chi connectivity index (χ0) is 13.5. The average molecular weight is 261 g/mol. The molecule has 1 aromatic rings. The first-order valence-corrected chi connectivity index (χ1v) is 7.11. The van der Waals surface area contributed by atoms with Gasteiger partial charge < -0.3 is 15.2 Å². The lowest BCUT2D eigenvalue weighted by molar-refractivity contribution is -0.205. The Morgan fingerprint density at radius 2 is 1.74 bits per heavy atom. The Kier molecular flexibility index (Phi) is 3.16. The minimum atomic E-state index is -0.417. The van der Waals surface area contributed by atoms with E-state index in [-0.39, 0.29) is 11.5 Å². The van der Waals surface area contributed by atoms with Crippen molar-refractivity contribution in [1.82, 2.24) is 0 Å². The van der Waals surface area contributed by atoms with Gasteiger partial charge in [0.15, 0.2) is 5.79 Å². The largest absolute Gasteiger partial charge is 0.347 e. The number of ether oxygens (including phenoxy) is 2. The highest BCUT2D eigenvalue weighted by Crippen LogP contribution is 2.50. The van der Waals surface area contributed by atoms with Crippen molar-refractivity contribution in [1.29, 1.82) is 0 Å². The summed E-state index contributed by atoms with van der Waals surface area (Å²) in [4.78, 5) is 0. The fourth-order valence-corrected chi connectivity index (χ4v) is 3.63. The van der Waals surface area contributed by atoms with Crippen LogP contribution < -0.4 is 5.73 Å². The fraction of sp³-hybridized carbons (Fsp3) is 0.625. The molecule has 0 aromatic heterocycles. The summed E-state index contributed by atoms with van der Waals surface area (Å²) in [6.45, 7) is 5.85. The van der Waals surface area contributed by atoms with E-state index in [1.807, 2.05) is 6.07 Å². The molecule has 3 rings (SSSR count). The highest BCUT2D eigenvalue weighted by molar-refractivity contribution is 5.24. The molecular formula is C16H23NO2. The van der Waals surface area contributed by atoms with Crippen LogP contribution in [-0.2, 0) is 9.47 Å². The molecule has 2 unspecified atom stereocenters. The summed E-state index contributed by atoms with van der Waals surface area (Å²) in [6.07, 6.45) is 1.74. The van der Waals surface area contributed by atoms with Gasteiger partial charge in [0.1, 0.15) is 0 Å². The lowest BCUT2D eigenvalue weighted by Gasteiger charge is -2.49. The maximum absolute atomic E-state index is 6.53. The first kappa shape index (κ1) is 13.1. The minimum Gasteiger partial charge on any atom is -0.347 e. The molecule has 104 valence electrons. The van der Waals surface area contributed by atoms with Gasteiger partial charge in [0.2, 0.25) is 0 Å². The Hall–Kier alpha value is -0.900. The van der Waals surface area contributed by atoms with Crippen LogP contribution in [0.5, 0.6) is 0 Å². The fourth-order valence-electron chi connectivity index (χ4n) is 3.63. The van der Waals surface area contributed by atoms with Gasteiger partial charge in [-0.3, -0.25) is 0 Å². The molecule has 0 radical (unpaired) electrons. The Morgan fingerprint density at radius 1 is 1.11 bits per heavy atom. The van der Waals surface area contributed by atoms with Crippen LogP contribution >= 0.6 is 0 Å². The molecule has 3 heteroatoms. The zero-order valence-corrected chi connectivity index (χ0v) is 11.8. The molecule has 19 heavy (non-hydrogen) atoms.